The van der Waals surface area contributed by atoms with E-state index in [0.717, 1.165) is 16.0 Å². The molecule has 0 bridgehead atoms. The van der Waals surface area contributed by atoms with Crippen LogP contribution in [0.15, 0.2) is 45.5 Å². The Kier molecular flexibility index (Phi) is 3.69. The van der Waals surface area contributed by atoms with Crippen LogP contribution in [0, 0.1) is 0 Å². The second-order valence-electron chi connectivity index (χ2n) is 3.20. The Bertz CT molecular complexity index is 510. The molecule has 0 aliphatic heterocycles. The number of oxime groups is 1. The molecule has 82 valence electrons. The van der Waals surface area contributed by atoms with Crippen molar-refractivity contribution in [2.24, 2.45) is 5.16 Å². The lowest BCUT2D eigenvalue weighted by atomic mass is 10.3. The summed E-state index contributed by atoms with van der Waals surface area (Å²) in [5.41, 5.74) is 0.870. The Morgan fingerprint density at radius 1 is 1.38 bits per heavy atom. The molecular weight excluding hydrogens is 288 g/mol. The lowest BCUT2D eigenvalue weighted by Crippen LogP contribution is -2.38. The van der Waals surface area contributed by atoms with Crippen molar-refractivity contribution in [3.05, 3.63) is 50.9 Å². The predicted molar refractivity (Wildman–Crippen MR) is 67.1 cm³/mol. The van der Waals surface area contributed by atoms with Gasteiger partial charge in [0.05, 0.1) is 8.66 Å². The Morgan fingerprint density at radius 2 is 2.25 bits per heavy atom. The van der Waals surface area contributed by atoms with Gasteiger partial charge >= 0.3 is 0 Å². The summed E-state index contributed by atoms with van der Waals surface area (Å²) in [6.45, 7) is 0.776. The number of pyridine rings is 1. The topological polar surface area (TPSA) is 36.5 Å². The second kappa shape index (κ2) is 5.23. The molecule has 2 rings (SSSR count). The predicted octanol–water partition coefficient (Wildman–Crippen LogP) is 2.65. The van der Waals surface area contributed by atoms with E-state index in [0.29, 0.717) is 0 Å². The highest BCUT2D eigenvalue weighted by atomic mass is 79.9. The van der Waals surface area contributed by atoms with Crippen LogP contribution in [-0.4, -0.2) is 11.4 Å². The molecule has 0 aliphatic rings. The van der Waals surface area contributed by atoms with Crippen LogP contribution >= 0.6 is 27.3 Å². The molecule has 5 heteroatoms. The van der Waals surface area contributed by atoms with Crippen molar-refractivity contribution >= 4 is 33.5 Å². The van der Waals surface area contributed by atoms with Crippen LogP contribution in [0.2, 0.25) is 0 Å². The summed E-state index contributed by atoms with van der Waals surface area (Å²) in [4.78, 5) is 1.25. The molecule has 2 heterocycles. The molecular formula is C11H10BrN2OS+. The van der Waals surface area contributed by atoms with Crippen molar-refractivity contribution < 1.29 is 9.77 Å². The minimum absolute atomic E-state index is 0.776. The van der Waals surface area contributed by atoms with Gasteiger partial charge in [-0.1, -0.05) is 5.16 Å². The highest BCUT2D eigenvalue weighted by Gasteiger charge is 2.09. The largest absolute Gasteiger partial charge is 0.411 e. The lowest BCUT2D eigenvalue weighted by molar-refractivity contribution is -0.688. The van der Waals surface area contributed by atoms with E-state index >= 15 is 0 Å². The van der Waals surface area contributed by atoms with Crippen molar-refractivity contribution in [2.75, 3.05) is 0 Å². The number of hydrogen-bond acceptors (Lipinski definition) is 3. The zero-order chi connectivity index (χ0) is 11.4. The second-order valence-corrected chi connectivity index (χ2v) is 5.75. The van der Waals surface area contributed by atoms with E-state index in [9.17, 15) is 0 Å². The zero-order valence-electron chi connectivity index (χ0n) is 8.38. The molecule has 3 nitrogen and oxygen atoms in total. The fourth-order valence-electron chi connectivity index (χ4n) is 1.41. The van der Waals surface area contributed by atoms with E-state index in [-0.39, 0.29) is 0 Å². The van der Waals surface area contributed by atoms with Gasteiger partial charge in [-0.05, 0) is 34.1 Å². The van der Waals surface area contributed by atoms with Crippen LogP contribution in [0.5, 0.6) is 0 Å². The van der Waals surface area contributed by atoms with Gasteiger partial charge in [0.1, 0.15) is 6.21 Å². The first-order chi connectivity index (χ1) is 7.79. The van der Waals surface area contributed by atoms with E-state index < -0.39 is 0 Å². The molecule has 2 aromatic rings. The normalized spacial score (nSPS) is 11.1. The molecule has 0 atom stereocenters. The van der Waals surface area contributed by atoms with Crippen LogP contribution in [0.25, 0.3) is 0 Å². The number of halogens is 1. The van der Waals surface area contributed by atoms with Crippen molar-refractivity contribution in [3.8, 4) is 0 Å². The molecule has 0 aliphatic carbocycles. The summed E-state index contributed by atoms with van der Waals surface area (Å²) < 4.78 is 3.15. The minimum Gasteiger partial charge on any atom is -0.411 e. The molecule has 0 fully saturated rings. The molecule has 0 aromatic carbocycles. The third-order valence-corrected chi connectivity index (χ3v) is 3.73. The van der Waals surface area contributed by atoms with Gasteiger partial charge in [-0.15, -0.1) is 11.3 Å². The quantitative estimate of drug-likeness (QED) is 0.402. The van der Waals surface area contributed by atoms with Gasteiger partial charge in [-0.2, -0.15) is 4.57 Å². The Morgan fingerprint density at radius 3 is 2.94 bits per heavy atom. The number of thiophene rings is 1. The first-order valence-corrected chi connectivity index (χ1v) is 6.30. The molecule has 0 spiro atoms. The Balaban J connectivity index is 2.27. The summed E-state index contributed by atoms with van der Waals surface area (Å²) in [5, 5.41) is 11.6. The number of rotatable bonds is 3. The summed E-state index contributed by atoms with van der Waals surface area (Å²) in [6.07, 6.45) is 3.40. The van der Waals surface area contributed by atoms with Crippen molar-refractivity contribution in [2.45, 2.75) is 6.54 Å². The zero-order valence-corrected chi connectivity index (χ0v) is 10.8. The molecule has 0 saturated heterocycles. The first kappa shape index (κ1) is 11.3. The lowest BCUT2D eigenvalue weighted by Gasteiger charge is -1.97. The number of hydrogen-bond donors (Lipinski definition) is 1. The van der Waals surface area contributed by atoms with Gasteiger partial charge < -0.3 is 5.21 Å². The summed E-state index contributed by atoms with van der Waals surface area (Å²) in [5.74, 6) is 0. The molecule has 1 N–H and O–H groups in total. The molecule has 0 saturated carbocycles. The minimum atomic E-state index is 0.776. The fourth-order valence-corrected chi connectivity index (χ4v) is 2.90. The average Bonchev–Trinajstić information content (AvgIpc) is 2.67. The van der Waals surface area contributed by atoms with E-state index in [4.69, 9.17) is 5.21 Å². The maximum absolute atomic E-state index is 8.57. The summed E-state index contributed by atoms with van der Waals surface area (Å²) in [7, 11) is 0. The maximum atomic E-state index is 8.57. The van der Waals surface area contributed by atoms with Gasteiger partial charge in [-0.3, -0.25) is 0 Å². The molecule has 0 amide bonds. The van der Waals surface area contributed by atoms with Gasteiger partial charge in [0, 0.05) is 12.1 Å². The summed E-state index contributed by atoms with van der Waals surface area (Å²) >= 11 is 5.14. The van der Waals surface area contributed by atoms with Crippen LogP contribution in [0.1, 0.15) is 10.6 Å². The monoisotopic (exact) mass is 297 g/mol. The average molecular weight is 298 g/mol. The van der Waals surface area contributed by atoms with Gasteiger partial charge in [0.25, 0.3) is 0 Å². The van der Waals surface area contributed by atoms with Crippen molar-refractivity contribution in [1.29, 1.82) is 0 Å². The van der Waals surface area contributed by atoms with Crippen LogP contribution in [-0.2, 0) is 6.54 Å². The highest BCUT2D eigenvalue weighted by Crippen LogP contribution is 2.21. The first-order valence-electron chi connectivity index (χ1n) is 4.70. The van der Waals surface area contributed by atoms with E-state index in [2.05, 4.69) is 27.2 Å². The smallest absolute Gasteiger partial charge is 0.227 e. The highest BCUT2D eigenvalue weighted by molar-refractivity contribution is 9.11. The number of nitrogens with zero attached hydrogens (tertiary/aromatic N) is 2. The maximum Gasteiger partial charge on any atom is 0.227 e. The van der Waals surface area contributed by atoms with Gasteiger partial charge in [-0.25, -0.2) is 0 Å². The molecule has 2 aromatic heterocycles. The van der Waals surface area contributed by atoms with E-state index in [1.54, 1.807) is 11.3 Å². The number of aromatic nitrogens is 1. The standard InChI is InChI=1S/C11H9BrN2OS/c12-11-5-4-10(16-11)8-14-6-2-1-3-9(14)7-13-15/h1-7H,8H2/p+1. The third-order valence-electron chi connectivity index (χ3n) is 2.12. The van der Waals surface area contributed by atoms with E-state index in [1.165, 1.54) is 11.1 Å². The SMILES string of the molecule is O/N=C/c1cccc[n+]1Cc1ccc(Br)s1. The molecule has 16 heavy (non-hydrogen) atoms. The van der Waals surface area contributed by atoms with Crippen molar-refractivity contribution in [1.82, 2.24) is 0 Å². The molecule has 0 radical (unpaired) electrons. The Hall–Kier alpha value is -1.20. The van der Waals surface area contributed by atoms with Crippen LogP contribution in [0.4, 0.5) is 0 Å². The van der Waals surface area contributed by atoms with E-state index in [1.807, 2.05) is 35.0 Å². The Labute approximate surface area is 106 Å². The van der Waals surface area contributed by atoms with Gasteiger partial charge in [0.15, 0.2) is 12.7 Å². The molecule has 0 unspecified atom stereocenters. The van der Waals surface area contributed by atoms with Crippen LogP contribution in [0.3, 0.4) is 0 Å². The van der Waals surface area contributed by atoms with Crippen LogP contribution < -0.4 is 4.57 Å². The van der Waals surface area contributed by atoms with Gasteiger partial charge in [0.2, 0.25) is 5.69 Å². The third kappa shape index (κ3) is 2.68. The fraction of sp³-hybridized carbons (Fsp3) is 0.0909. The summed E-state index contributed by atoms with van der Waals surface area (Å²) in [6, 6.07) is 9.88. The van der Waals surface area contributed by atoms with Crippen molar-refractivity contribution in [3.63, 3.8) is 0 Å².